The van der Waals surface area contributed by atoms with E-state index in [0.29, 0.717) is 19.0 Å². The highest BCUT2D eigenvalue weighted by Crippen LogP contribution is 2.25. The molecule has 0 radical (unpaired) electrons. The lowest BCUT2D eigenvalue weighted by Gasteiger charge is -2.29. The molecule has 1 heterocycles. The monoisotopic (exact) mass is 430 g/mol. The van der Waals surface area contributed by atoms with Crippen LogP contribution in [0, 0.1) is 29.2 Å². The van der Waals surface area contributed by atoms with Crippen molar-refractivity contribution in [1.29, 1.82) is 0 Å². The summed E-state index contributed by atoms with van der Waals surface area (Å²) in [6.07, 6.45) is 1.54. The summed E-state index contributed by atoms with van der Waals surface area (Å²) in [6, 6.07) is 5.33. The Balaban J connectivity index is 1.77. The lowest BCUT2D eigenvalue weighted by molar-refractivity contribution is 0.102. The molecule has 0 aliphatic carbocycles. The molecular formula is C19H18F4N2O3S. The van der Waals surface area contributed by atoms with Gasteiger partial charge in [-0.05, 0) is 49.1 Å². The van der Waals surface area contributed by atoms with Crippen LogP contribution in [-0.4, -0.2) is 31.7 Å². The average molecular weight is 430 g/mol. The molecule has 0 bridgehead atoms. The van der Waals surface area contributed by atoms with Crippen LogP contribution in [0.2, 0.25) is 0 Å². The van der Waals surface area contributed by atoms with Crippen molar-refractivity contribution >= 4 is 21.6 Å². The molecule has 0 atom stereocenters. The average Bonchev–Trinajstić information content (AvgIpc) is 2.69. The van der Waals surface area contributed by atoms with Gasteiger partial charge in [0.05, 0.1) is 10.5 Å². The van der Waals surface area contributed by atoms with E-state index in [0.717, 1.165) is 12.8 Å². The molecule has 29 heavy (non-hydrogen) atoms. The summed E-state index contributed by atoms with van der Waals surface area (Å²) in [7, 11) is -3.69. The van der Waals surface area contributed by atoms with Gasteiger partial charge in [-0.3, -0.25) is 4.79 Å². The summed E-state index contributed by atoms with van der Waals surface area (Å²) in [5.74, 6) is -8.37. The predicted octanol–water partition coefficient (Wildman–Crippen LogP) is 3.92. The predicted molar refractivity (Wildman–Crippen MR) is 97.8 cm³/mol. The van der Waals surface area contributed by atoms with Crippen LogP contribution in [0.4, 0.5) is 23.2 Å². The molecule has 2 aromatic carbocycles. The van der Waals surface area contributed by atoms with Gasteiger partial charge in [-0.1, -0.05) is 6.92 Å². The van der Waals surface area contributed by atoms with E-state index in [1.807, 2.05) is 0 Å². The molecule has 0 saturated carbocycles. The van der Waals surface area contributed by atoms with E-state index in [9.17, 15) is 30.8 Å². The highest BCUT2D eigenvalue weighted by Gasteiger charge is 2.28. The number of anilines is 1. The first-order valence-electron chi connectivity index (χ1n) is 8.86. The second-order valence-electron chi connectivity index (χ2n) is 6.91. The Morgan fingerprint density at radius 1 is 1.00 bits per heavy atom. The number of hydrogen-bond acceptors (Lipinski definition) is 3. The SMILES string of the molecule is CC1CCN(S(=O)(=O)c2ccc(NC(=O)c3cc(F)c(F)c(F)c3F)cc2)CC1. The maximum Gasteiger partial charge on any atom is 0.258 e. The summed E-state index contributed by atoms with van der Waals surface area (Å²) < 4.78 is 80.0. The normalized spacial score (nSPS) is 16.0. The summed E-state index contributed by atoms with van der Waals surface area (Å²) in [6.45, 7) is 2.90. The van der Waals surface area contributed by atoms with Crippen LogP contribution in [0.3, 0.4) is 0 Å². The number of carbonyl (C=O) groups excluding carboxylic acids is 1. The van der Waals surface area contributed by atoms with Gasteiger partial charge in [-0.2, -0.15) is 4.31 Å². The van der Waals surface area contributed by atoms with Crippen LogP contribution in [0.25, 0.3) is 0 Å². The van der Waals surface area contributed by atoms with Crippen molar-refractivity contribution in [2.24, 2.45) is 5.92 Å². The van der Waals surface area contributed by atoms with Gasteiger partial charge in [0.25, 0.3) is 5.91 Å². The molecule has 2 aromatic rings. The number of halogens is 4. The molecule has 156 valence electrons. The second kappa shape index (κ2) is 8.11. The summed E-state index contributed by atoms with van der Waals surface area (Å²) in [5, 5.41) is 2.19. The van der Waals surface area contributed by atoms with E-state index >= 15 is 0 Å². The molecule has 5 nitrogen and oxygen atoms in total. The highest BCUT2D eigenvalue weighted by atomic mass is 32.2. The number of piperidine rings is 1. The van der Waals surface area contributed by atoms with Crippen LogP contribution in [-0.2, 0) is 10.0 Å². The molecule has 1 aliphatic heterocycles. The fourth-order valence-electron chi connectivity index (χ4n) is 3.02. The standard InChI is InChI=1S/C19H18F4N2O3S/c1-11-6-8-25(9-7-11)29(27,28)13-4-2-12(3-5-13)24-19(26)14-10-15(20)17(22)18(23)16(14)21/h2-5,10-11H,6-9H2,1H3,(H,24,26). The Kier molecular flexibility index (Phi) is 5.95. The van der Waals surface area contributed by atoms with E-state index in [-0.39, 0.29) is 16.6 Å². The van der Waals surface area contributed by atoms with Crippen LogP contribution in [0.1, 0.15) is 30.1 Å². The van der Waals surface area contributed by atoms with Gasteiger partial charge in [-0.25, -0.2) is 26.0 Å². The van der Waals surface area contributed by atoms with Crippen molar-refractivity contribution in [3.63, 3.8) is 0 Å². The van der Waals surface area contributed by atoms with Gasteiger partial charge in [0, 0.05) is 18.8 Å². The molecule has 0 spiro atoms. The van der Waals surface area contributed by atoms with Gasteiger partial charge < -0.3 is 5.32 Å². The fourth-order valence-corrected chi connectivity index (χ4v) is 4.49. The zero-order valence-corrected chi connectivity index (χ0v) is 16.2. The molecule has 1 amide bonds. The smallest absolute Gasteiger partial charge is 0.258 e. The Hall–Kier alpha value is -2.46. The Labute approximate surface area is 165 Å². The Morgan fingerprint density at radius 2 is 1.59 bits per heavy atom. The van der Waals surface area contributed by atoms with Crippen molar-refractivity contribution < 1.29 is 30.8 Å². The minimum absolute atomic E-state index is 0.0232. The Bertz CT molecular complexity index is 1030. The molecular weight excluding hydrogens is 412 g/mol. The highest BCUT2D eigenvalue weighted by molar-refractivity contribution is 7.89. The first kappa shape index (κ1) is 21.3. The maximum atomic E-state index is 13.7. The van der Waals surface area contributed by atoms with Crippen molar-refractivity contribution in [1.82, 2.24) is 4.31 Å². The molecule has 1 aliphatic rings. The topological polar surface area (TPSA) is 66.5 Å². The third-order valence-corrected chi connectivity index (χ3v) is 6.75. The van der Waals surface area contributed by atoms with Crippen molar-refractivity contribution in [3.05, 3.63) is 59.2 Å². The van der Waals surface area contributed by atoms with E-state index in [4.69, 9.17) is 0 Å². The minimum Gasteiger partial charge on any atom is -0.322 e. The number of carbonyl (C=O) groups is 1. The molecule has 0 aromatic heterocycles. The van der Waals surface area contributed by atoms with E-state index in [1.54, 1.807) is 0 Å². The first-order valence-corrected chi connectivity index (χ1v) is 10.3. The van der Waals surface area contributed by atoms with E-state index in [1.165, 1.54) is 28.6 Å². The van der Waals surface area contributed by atoms with Crippen LogP contribution in [0.5, 0.6) is 0 Å². The lowest BCUT2D eigenvalue weighted by atomic mass is 10.0. The number of rotatable bonds is 4. The number of nitrogens with zero attached hydrogens (tertiary/aromatic N) is 1. The van der Waals surface area contributed by atoms with Crippen molar-refractivity contribution in [3.8, 4) is 0 Å². The summed E-state index contributed by atoms with van der Waals surface area (Å²) >= 11 is 0. The van der Waals surface area contributed by atoms with Crippen LogP contribution in [0.15, 0.2) is 35.2 Å². The van der Waals surface area contributed by atoms with Crippen molar-refractivity contribution in [2.75, 3.05) is 18.4 Å². The summed E-state index contributed by atoms with van der Waals surface area (Å²) in [5.41, 5.74) is -0.939. The van der Waals surface area contributed by atoms with Gasteiger partial charge in [-0.15, -0.1) is 0 Å². The van der Waals surface area contributed by atoms with Crippen LogP contribution >= 0.6 is 0 Å². The largest absolute Gasteiger partial charge is 0.322 e. The van der Waals surface area contributed by atoms with E-state index in [2.05, 4.69) is 12.2 Å². The molecule has 1 fully saturated rings. The minimum atomic E-state index is -3.69. The molecule has 3 rings (SSSR count). The molecule has 10 heteroatoms. The van der Waals surface area contributed by atoms with Crippen LogP contribution < -0.4 is 5.32 Å². The number of sulfonamides is 1. The molecule has 1 N–H and O–H groups in total. The lowest BCUT2D eigenvalue weighted by Crippen LogP contribution is -2.37. The molecule has 0 unspecified atom stereocenters. The first-order chi connectivity index (χ1) is 13.6. The fraction of sp³-hybridized carbons (Fsp3) is 0.316. The number of hydrogen-bond donors (Lipinski definition) is 1. The van der Waals surface area contributed by atoms with E-state index < -0.39 is 44.8 Å². The Morgan fingerprint density at radius 3 is 2.17 bits per heavy atom. The third-order valence-electron chi connectivity index (χ3n) is 4.84. The summed E-state index contributed by atoms with van der Waals surface area (Å²) in [4.78, 5) is 12.1. The molecule has 1 saturated heterocycles. The quantitative estimate of drug-likeness (QED) is 0.454. The van der Waals surface area contributed by atoms with Crippen molar-refractivity contribution in [2.45, 2.75) is 24.7 Å². The van der Waals surface area contributed by atoms with Gasteiger partial charge >= 0.3 is 0 Å². The number of nitrogens with one attached hydrogen (secondary N) is 1. The number of amides is 1. The van der Waals surface area contributed by atoms with Gasteiger partial charge in [0.2, 0.25) is 10.0 Å². The zero-order chi connectivity index (χ0) is 21.3. The zero-order valence-electron chi connectivity index (χ0n) is 15.4. The van der Waals surface area contributed by atoms with Gasteiger partial charge in [0.1, 0.15) is 0 Å². The van der Waals surface area contributed by atoms with Gasteiger partial charge in [0.15, 0.2) is 23.3 Å². The number of benzene rings is 2. The third kappa shape index (κ3) is 4.27. The maximum absolute atomic E-state index is 13.7. The second-order valence-corrected chi connectivity index (χ2v) is 8.85.